The predicted octanol–water partition coefficient (Wildman–Crippen LogP) is 3.40. The minimum absolute atomic E-state index is 0.550. The largest absolute Gasteiger partial charge is 0.492 e. The van der Waals surface area contributed by atoms with Crippen LogP contribution in [0.3, 0.4) is 0 Å². The molecule has 0 aliphatic carbocycles. The van der Waals surface area contributed by atoms with E-state index in [1.807, 2.05) is 44.2 Å². The van der Waals surface area contributed by atoms with Crippen molar-refractivity contribution in [1.29, 1.82) is 5.26 Å². The Morgan fingerprint density at radius 2 is 2.11 bits per heavy atom. The van der Waals surface area contributed by atoms with Crippen LogP contribution in [0.4, 0.5) is 11.5 Å². The van der Waals surface area contributed by atoms with E-state index >= 15 is 0 Å². The zero-order chi connectivity index (χ0) is 13.7. The smallest absolute Gasteiger partial charge is 0.148 e. The maximum absolute atomic E-state index is 9.19. The molecule has 1 aromatic heterocycles. The summed E-state index contributed by atoms with van der Waals surface area (Å²) in [4.78, 5) is 4.22. The summed E-state index contributed by atoms with van der Waals surface area (Å²) in [5.41, 5.74) is 2.25. The van der Waals surface area contributed by atoms with Crippen molar-refractivity contribution in [2.45, 2.75) is 13.8 Å². The number of benzene rings is 1. The van der Waals surface area contributed by atoms with E-state index in [2.05, 4.69) is 16.4 Å². The zero-order valence-electron chi connectivity index (χ0n) is 11.0. The Morgan fingerprint density at radius 1 is 1.32 bits per heavy atom. The second-order valence-corrected chi connectivity index (χ2v) is 4.02. The van der Waals surface area contributed by atoms with Gasteiger partial charge in [0.2, 0.25) is 0 Å². The summed E-state index contributed by atoms with van der Waals surface area (Å²) in [6, 6.07) is 11.6. The van der Waals surface area contributed by atoms with Crippen molar-refractivity contribution >= 4 is 11.5 Å². The first kappa shape index (κ1) is 12.9. The molecule has 0 amide bonds. The number of hydrogen-bond acceptors (Lipinski definition) is 4. The normalized spacial score (nSPS) is 9.74. The molecule has 96 valence electrons. The highest BCUT2D eigenvalue weighted by molar-refractivity contribution is 5.68. The van der Waals surface area contributed by atoms with Gasteiger partial charge < -0.3 is 10.1 Å². The summed E-state index contributed by atoms with van der Waals surface area (Å²) in [6.45, 7) is 4.41. The molecule has 2 rings (SSSR count). The maximum Gasteiger partial charge on any atom is 0.148 e. The van der Waals surface area contributed by atoms with Crippen LogP contribution in [-0.2, 0) is 0 Å². The summed E-state index contributed by atoms with van der Waals surface area (Å²) in [5, 5.41) is 12.3. The average molecular weight is 253 g/mol. The van der Waals surface area contributed by atoms with Gasteiger partial charge in [-0.1, -0.05) is 12.1 Å². The predicted molar refractivity (Wildman–Crippen MR) is 74.6 cm³/mol. The van der Waals surface area contributed by atoms with Crippen molar-refractivity contribution in [3.05, 3.63) is 47.7 Å². The van der Waals surface area contributed by atoms with E-state index in [1.54, 1.807) is 6.20 Å². The molecule has 0 saturated heterocycles. The average Bonchev–Trinajstić information content (AvgIpc) is 2.41. The number of nitrogens with one attached hydrogen (secondary N) is 1. The van der Waals surface area contributed by atoms with Crippen molar-refractivity contribution < 1.29 is 4.74 Å². The van der Waals surface area contributed by atoms with Crippen LogP contribution < -0.4 is 10.1 Å². The molecular weight excluding hydrogens is 238 g/mol. The Bertz CT molecular complexity index is 617. The number of aromatic nitrogens is 1. The second kappa shape index (κ2) is 5.87. The first-order chi connectivity index (χ1) is 9.26. The van der Waals surface area contributed by atoms with Crippen LogP contribution in [-0.4, -0.2) is 11.6 Å². The topological polar surface area (TPSA) is 57.9 Å². The Kier molecular flexibility index (Phi) is 3.99. The lowest BCUT2D eigenvalue weighted by atomic mass is 10.1. The Morgan fingerprint density at radius 3 is 2.84 bits per heavy atom. The molecule has 0 atom stereocenters. The third-order valence-electron chi connectivity index (χ3n) is 2.71. The van der Waals surface area contributed by atoms with E-state index in [-0.39, 0.29) is 0 Å². The van der Waals surface area contributed by atoms with Crippen LogP contribution in [0.25, 0.3) is 0 Å². The molecule has 0 bridgehead atoms. The fourth-order valence-electron chi connectivity index (χ4n) is 1.77. The number of nitrogens with zero attached hydrogens (tertiary/aromatic N) is 2. The molecule has 19 heavy (non-hydrogen) atoms. The molecule has 1 heterocycles. The number of anilines is 2. The molecular formula is C15H15N3O. The van der Waals surface area contributed by atoms with E-state index in [0.29, 0.717) is 18.0 Å². The number of ether oxygens (including phenoxy) is 1. The molecule has 2 aromatic rings. The first-order valence-electron chi connectivity index (χ1n) is 6.10. The summed E-state index contributed by atoms with van der Waals surface area (Å²) in [5.74, 6) is 1.30. The highest BCUT2D eigenvalue weighted by atomic mass is 16.5. The van der Waals surface area contributed by atoms with E-state index < -0.39 is 0 Å². The van der Waals surface area contributed by atoms with Crippen molar-refractivity contribution in [1.82, 2.24) is 4.98 Å². The zero-order valence-corrected chi connectivity index (χ0v) is 11.0. The molecule has 0 aliphatic rings. The van der Waals surface area contributed by atoms with Crippen molar-refractivity contribution in [3.63, 3.8) is 0 Å². The fraction of sp³-hybridized carbons (Fsp3) is 0.200. The lowest BCUT2D eigenvalue weighted by molar-refractivity contribution is 0.342. The van der Waals surface area contributed by atoms with Crippen LogP contribution >= 0.6 is 0 Å². The molecule has 0 fully saturated rings. The number of para-hydroxylation sites is 2. The highest BCUT2D eigenvalue weighted by Crippen LogP contribution is 2.28. The number of aryl methyl sites for hydroxylation is 1. The molecule has 0 aliphatic heterocycles. The van der Waals surface area contributed by atoms with Gasteiger partial charge in [0.25, 0.3) is 0 Å². The molecule has 0 unspecified atom stereocenters. The van der Waals surface area contributed by atoms with Crippen LogP contribution in [0.5, 0.6) is 5.75 Å². The molecule has 1 aromatic carbocycles. The van der Waals surface area contributed by atoms with Gasteiger partial charge in [-0.05, 0) is 37.6 Å². The number of hydrogen-bond donors (Lipinski definition) is 1. The van der Waals surface area contributed by atoms with Crippen LogP contribution in [0.2, 0.25) is 0 Å². The number of rotatable bonds is 4. The monoisotopic (exact) mass is 253 g/mol. The van der Waals surface area contributed by atoms with Gasteiger partial charge in [0.05, 0.1) is 17.9 Å². The first-order valence-corrected chi connectivity index (χ1v) is 6.10. The molecule has 1 N–H and O–H groups in total. The van der Waals surface area contributed by atoms with Gasteiger partial charge in [0.1, 0.15) is 17.6 Å². The third-order valence-corrected chi connectivity index (χ3v) is 2.71. The van der Waals surface area contributed by atoms with Gasteiger partial charge >= 0.3 is 0 Å². The number of nitriles is 1. The van der Waals surface area contributed by atoms with Crippen molar-refractivity contribution in [3.8, 4) is 11.8 Å². The van der Waals surface area contributed by atoms with Gasteiger partial charge in [0, 0.05) is 6.20 Å². The van der Waals surface area contributed by atoms with E-state index in [1.165, 1.54) is 0 Å². The lowest BCUT2D eigenvalue weighted by Gasteiger charge is -2.13. The minimum Gasteiger partial charge on any atom is -0.492 e. The molecule has 0 radical (unpaired) electrons. The Hall–Kier alpha value is -2.54. The summed E-state index contributed by atoms with van der Waals surface area (Å²) >= 11 is 0. The minimum atomic E-state index is 0.550. The van der Waals surface area contributed by atoms with Gasteiger partial charge in [-0.2, -0.15) is 5.26 Å². The molecule has 0 saturated carbocycles. The second-order valence-electron chi connectivity index (χ2n) is 4.02. The SMILES string of the molecule is CCOc1ccccc1Nc1nccc(C)c1C#N. The summed E-state index contributed by atoms with van der Waals surface area (Å²) in [7, 11) is 0. The van der Waals surface area contributed by atoms with Gasteiger partial charge in [0.15, 0.2) is 0 Å². The van der Waals surface area contributed by atoms with E-state index in [0.717, 1.165) is 17.0 Å². The van der Waals surface area contributed by atoms with Crippen molar-refractivity contribution in [2.24, 2.45) is 0 Å². The van der Waals surface area contributed by atoms with Gasteiger partial charge in [-0.3, -0.25) is 0 Å². The number of pyridine rings is 1. The Balaban J connectivity index is 2.37. The molecule has 4 nitrogen and oxygen atoms in total. The van der Waals surface area contributed by atoms with Crippen LogP contribution in [0.1, 0.15) is 18.1 Å². The third kappa shape index (κ3) is 2.83. The van der Waals surface area contributed by atoms with Crippen LogP contribution in [0.15, 0.2) is 36.5 Å². The van der Waals surface area contributed by atoms with E-state index in [9.17, 15) is 5.26 Å². The fourth-order valence-corrected chi connectivity index (χ4v) is 1.77. The lowest BCUT2D eigenvalue weighted by Crippen LogP contribution is -2.01. The van der Waals surface area contributed by atoms with Gasteiger partial charge in [-0.15, -0.1) is 0 Å². The highest BCUT2D eigenvalue weighted by Gasteiger charge is 2.09. The van der Waals surface area contributed by atoms with Crippen LogP contribution in [0, 0.1) is 18.3 Å². The molecule has 4 heteroatoms. The van der Waals surface area contributed by atoms with Crippen molar-refractivity contribution in [2.75, 3.05) is 11.9 Å². The summed E-state index contributed by atoms with van der Waals surface area (Å²) in [6.07, 6.45) is 1.68. The maximum atomic E-state index is 9.19. The molecule has 0 spiro atoms. The Labute approximate surface area is 112 Å². The standard InChI is InChI=1S/C15H15N3O/c1-3-19-14-7-5-4-6-13(14)18-15-12(10-16)11(2)8-9-17-15/h4-9H,3H2,1-2H3,(H,17,18). The summed E-state index contributed by atoms with van der Waals surface area (Å²) < 4.78 is 5.54. The quantitative estimate of drug-likeness (QED) is 0.907. The van der Waals surface area contributed by atoms with E-state index in [4.69, 9.17) is 4.74 Å². The van der Waals surface area contributed by atoms with Gasteiger partial charge in [-0.25, -0.2) is 4.98 Å².